The lowest BCUT2D eigenvalue weighted by Crippen LogP contribution is -2.23. The first-order valence-electron chi connectivity index (χ1n) is 7.40. The molecule has 0 aliphatic heterocycles. The van der Waals surface area contributed by atoms with E-state index in [1.807, 2.05) is 11.7 Å². The van der Waals surface area contributed by atoms with Crippen LogP contribution in [0.3, 0.4) is 0 Å². The standard InChI is InChI=1S/C17H25N3/c1-6-16-15(11-20(5)19-16)17(18-7-2)14-10-8-9-12(3)13(14)4/h8-11,17-18H,6-7H2,1-5H3. The van der Waals surface area contributed by atoms with E-state index in [0.29, 0.717) is 0 Å². The largest absolute Gasteiger partial charge is 0.306 e. The van der Waals surface area contributed by atoms with E-state index in [-0.39, 0.29) is 6.04 Å². The number of hydrogen-bond donors (Lipinski definition) is 1. The number of nitrogens with zero attached hydrogens (tertiary/aromatic N) is 2. The fourth-order valence-electron chi connectivity index (χ4n) is 2.75. The second-order valence-corrected chi connectivity index (χ2v) is 5.34. The van der Waals surface area contributed by atoms with Crippen LogP contribution in [-0.4, -0.2) is 16.3 Å². The molecule has 1 unspecified atom stereocenters. The molecule has 0 spiro atoms. The first kappa shape index (κ1) is 14.8. The Morgan fingerprint density at radius 1 is 1.20 bits per heavy atom. The fraction of sp³-hybridized carbons (Fsp3) is 0.471. The molecule has 1 aromatic heterocycles. The predicted molar refractivity (Wildman–Crippen MR) is 84.0 cm³/mol. The van der Waals surface area contributed by atoms with Gasteiger partial charge in [0.05, 0.1) is 11.7 Å². The van der Waals surface area contributed by atoms with E-state index in [2.05, 4.69) is 62.5 Å². The Morgan fingerprint density at radius 2 is 1.95 bits per heavy atom. The van der Waals surface area contributed by atoms with Crippen LogP contribution in [0.2, 0.25) is 0 Å². The van der Waals surface area contributed by atoms with Crippen LogP contribution < -0.4 is 5.32 Å². The van der Waals surface area contributed by atoms with Crippen molar-refractivity contribution < 1.29 is 0 Å². The third-order valence-corrected chi connectivity index (χ3v) is 3.95. The Bertz CT molecular complexity index is 584. The van der Waals surface area contributed by atoms with Crippen molar-refractivity contribution in [2.45, 2.75) is 40.2 Å². The van der Waals surface area contributed by atoms with E-state index in [4.69, 9.17) is 0 Å². The van der Waals surface area contributed by atoms with E-state index in [0.717, 1.165) is 13.0 Å². The van der Waals surface area contributed by atoms with Crippen molar-refractivity contribution in [1.82, 2.24) is 15.1 Å². The zero-order valence-corrected chi connectivity index (χ0v) is 13.2. The highest BCUT2D eigenvalue weighted by molar-refractivity contribution is 5.41. The van der Waals surface area contributed by atoms with Crippen molar-refractivity contribution in [3.05, 3.63) is 52.3 Å². The fourth-order valence-corrected chi connectivity index (χ4v) is 2.75. The minimum absolute atomic E-state index is 0.226. The quantitative estimate of drug-likeness (QED) is 0.904. The van der Waals surface area contributed by atoms with Gasteiger partial charge in [-0.05, 0) is 43.5 Å². The van der Waals surface area contributed by atoms with Gasteiger partial charge in [0, 0.05) is 18.8 Å². The molecule has 2 rings (SSSR count). The summed E-state index contributed by atoms with van der Waals surface area (Å²) in [6, 6.07) is 6.77. The number of aryl methyl sites for hydroxylation is 3. The van der Waals surface area contributed by atoms with Crippen molar-refractivity contribution in [2.75, 3.05) is 6.54 Å². The summed E-state index contributed by atoms with van der Waals surface area (Å²) in [7, 11) is 1.99. The SMILES string of the molecule is CCNC(c1cn(C)nc1CC)c1cccc(C)c1C. The molecule has 1 aromatic carbocycles. The van der Waals surface area contributed by atoms with Crippen LogP contribution in [0.25, 0.3) is 0 Å². The van der Waals surface area contributed by atoms with Gasteiger partial charge in [-0.3, -0.25) is 4.68 Å². The topological polar surface area (TPSA) is 29.9 Å². The van der Waals surface area contributed by atoms with Gasteiger partial charge in [0.2, 0.25) is 0 Å². The van der Waals surface area contributed by atoms with E-state index in [9.17, 15) is 0 Å². The molecule has 0 aliphatic carbocycles. The lowest BCUT2D eigenvalue weighted by molar-refractivity contribution is 0.622. The summed E-state index contributed by atoms with van der Waals surface area (Å²) < 4.78 is 1.92. The predicted octanol–water partition coefficient (Wildman–Crippen LogP) is 3.30. The highest BCUT2D eigenvalue weighted by Gasteiger charge is 2.20. The summed E-state index contributed by atoms with van der Waals surface area (Å²) in [5, 5.41) is 8.20. The zero-order chi connectivity index (χ0) is 14.7. The third kappa shape index (κ3) is 2.78. The summed E-state index contributed by atoms with van der Waals surface area (Å²) in [5.41, 5.74) is 6.54. The summed E-state index contributed by atoms with van der Waals surface area (Å²) in [6.07, 6.45) is 3.11. The van der Waals surface area contributed by atoms with Gasteiger partial charge in [0.1, 0.15) is 0 Å². The van der Waals surface area contributed by atoms with Gasteiger partial charge in [0.25, 0.3) is 0 Å². The van der Waals surface area contributed by atoms with Crippen LogP contribution in [0.1, 0.15) is 47.8 Å². The Balaban J connectivity index is 2.53. The molecule has 2 aromatic rings. The van der Waals surface area contributed by atoms with Gasteiger partial charge >= 0.3 is 0 Å². The maximum Gasteiger partial charge on any atom is 0.0673 e. The molecular weight excluding hydrogens is 246 g/mol. The second kappa shape index (κ2) is 6.23. The molecule has 3 nitrogen and oxygen atoms in total. The normalized spacial score (nSPS) is 12.7. The Morgan fingerprint density at radius 3 is 2.60 bits per heavy atom. The number of benzene rings is 1. The molecule has 0 bridgehead atoms. The van der Waals surface area contributed by atoms with Crippen molar-refractivity contribution >= 4 is 0 Å². The minimum Gasteiger partial charge on any atom is -0.306 e. The maximum absolute atomic E-state index is 4.59. The molecule has 108 valence electrons. The second-order valence-electron chi connectivity index (χ2n) is 5.34. The Kier molecular flexibility index (Phi) is 4.61. The van der Waals surface area contributed by atoms with Crippen LogP contribution >= 0.6 is 0 Å². The van der Waals surface area contributed by atoms with E-state index in [1.54, 1.807) is 0 Å². The maximum atomic E-state index is 4.59. The summed E-state index contributed by atoms with van der Waals surface area (Å²) in [6.45, 7) is 9.64. The van der Waals surface area contributed by atoms with Gasteiger partial charge in [-0.2, -0.15) is 5.10 Å². The average molecular weight is 271 g/mol. The van der Waals surface area contributed by atoms with Crippen LogP contribution in [0, 0.1) is 13.8 Å². The molecule has 1 heterocycles. The van der Waals surface area contributed by atoms with Crippen LogP contribution in [0.5, 0.6) is 0 Å². The molecule has 0 amide bonds. The molecule has 20 heavy (non-hydrogen) atoms. The lowest BCUT2D eigenvalue weighted by atomic mass is 9.92. The highest BCUT2D eigenvalue weighted by Crippen LogP contribution is 2.28. The number of hydrogen-bond acceptors (Lipinski definition) is 2. The lowest BCUT2D eigenvalue weighted by Gasteiger charge is -2.21. The first-order chi connectivity index (χ1) is 9.58. The monoisotopic (exact) mass is 271 g/mol. The highest BCUT2D eigenvalue weighted by atomic mass is 15.3. The average Bonchev–Trinajstić information content (AvgIpc) is 2.80. The van der Waals surface area contributed by atoms with Gasteiger partial charge in [-0.1, -0.05) is 32.0 Å². The van der Waals surface area contributed by atoms with Gasteiger partial charge < -0.3 is 5.32 Å². The van der Waals surface area contributed by atoms with Gasteiger partial charge in [-0.25, -0.2) is 0 Å². The molecule has 1 atom stereocenters. The molecule has 0 aliphatic rings. The van der Waals surface area contributed by atoms with Gasteiger partial charge in [-0.15, -0.1) is 0 Å². The minimum atomic E-state index is 0.226. The van der Waals surface area contributed by atoms with Crippen molar-refractivity contribution in [3.8, 4) is 0 Å². The van der Waals surface area contributed by atoms with Crippen molar-refractivity contribution in [2.24, 2.45) is 7.05 Å². The van der Waals surface area contributed by atoms with Gasteiger partial charge in [0.15, 0.2) is 0 Å². The van der Waals surface area contributed by atoms with Crippen molar-refractivity contribution in [3.63, 3.8) is 0 Å². The molecule has 0 saturated carbocycles. The summed E-state index contributed by atoms with van der Waals surface area (Å²) in [4.78, 5) is 0. The molecule has 0 fully saturated rings. The molecule has 0 saturated heterocycles. The van der Waals surface area contributed by atoms with E-state index >= 15 is 0 Å². The molecular formula is C17H25N3. The van der Waals surface area contributed by atoms with Crippen LogP contribution in [0.15, 0.2) is 24.4 Å². The van der Waals surface area contributed by atoms with E-state index in [1.165, 1.54) is 27.9 Å². The number of aromatic nitrogens is 2. The van der Waals surface area contributed by atoms with Crippen molar-refractivity contribution in [1.29, 1.82) is 0 Å². The third-order valence-electron chi connectivity index (χ3n) is 3.95. The molecule has 3 heteroatoms. The van der Waals surface area contributed by atoms with E-state index < -0.39 is 0 Å². The molecule has 1 N–H and O–H groups in total. The first-order valence-corrected chi connectivity index (χ1v) is 7.40. The number of nitrogens with one attached hydrogen (secondary N) is 1. The molecule has 0 radical (unpaired) electrons. The Labute approximate surface area is 122 Å². The van der Waals surface area contributed by atoms with Crippen LogP contribution in [0.4, 0.5) is 0 Å². The Hall–Kier alpha value is -1.61. The smallest absolute Gasteiger partial charge is 0.0673 e. The zero-order valence-electron chi connectivity index (χ0n) is 13.2. The summed E-state index contributed by atoms with van der Waals surface area (Å²) in [5.74, 6) is 0. The summed E-state index contributed by atoms with van der Waals surface area (Å²) >= 11 is 0. The van der Waals surface area contributed by atoms with Crippen LogP contribution in [-0.2, 0) is 13.5 Å². The number of rotatable bonds is 5.